The van der Waals surface area contributed by atoms with E-state index in [9.17, 15) is 4.39 Å². The Morgan fingerprint density at radius 3 is 2.38 bits per heavy atom. The van der Waals surface area contributed by atoms with E-state index in [0.717, 1.165) is 43.1 Å². The highest BCUT2D eigenvalue weighted by molar-refractivity contribution is 5.27. The molecule has 1 atom stereocenters. The molecule has 1 unspecified atom stereocenters. The molecule has 1 aliphatic rings. The molecule has 1 aliphatic heterocycles. The van der Waals surface area contributed by atoms with Gasteiger partial charge in [-0.2, -0.15) is 0 Å². The van der Waals surface area contributed by atoms with Gasteiger partial charge in [-0.25, -0.2) is 4.39 Å². The van der Waals surface area contributed by atoms with Gasteiger partial charge in [-0.05, 0) is 67.4 Å². The third kappa shape index (κ3) is 5.78. The summed E-state index contributed by atoms with van der Waals surface area (Å²) in [7, 11) is 0. The van der Waals surface area contributed by atoms with Crippen molar-refractivity contribution in [1.29, 1.82) is 0 Å². The maximum Gasteiger partial charge on any atom is 0.123 e. The second-order valence-corrected chi connectivity index (χ2v) is 6.16. The minimum Gasteiger partial charge on any atom is -0.299 e. The third-order valence-corrected chi connectivity index (χ3v) is 4.44. The molecule has 0 spiro atoms. The molecule has 1 saturated heterocycles. The average molecular weight is 293 g/mol. The van der Waals surface area contributed by atoms with Gasteiger partial charge in [0.2, 0.25) is 0 Å². The SMILES string of the molecule is CC.CCC(C)c1cc(F)cc(CN2CCC(C)CC2)c1. The van der Waals surface area contributed by atoms with Gasteiger partial charge in [0.15, 0.2) is 0 Å². The van der Waals surface area contributed by atoms with E-state index in [0.29, 0.717) is 5.92 Å². The van der Waals surface area contributed by atoms with E-state index in [4.69, 9.17) is 0 Å². The lowest BCUT2D eigenvalue weighted by molar-refractivity contribution is 0.185. The van der Waals surface area contributed by atoms with Crippen molar-refractivity contribution in [2.24, 2.45) is 5.92 Å². The molecule has 0 radical (unpaired) electrons. The van der Waals surface area contributed by atoms with Crippen molar-refractivity contribution >= 4 is 0 Å². The molecule has 0 bridgehead atoms. The standard InChI is InChI=1S/C17H26FN.C2H6/c1-4-14(3)16-9-15(10-17(18)11-16)12-19-7-5-13(2)6-8-19;1-2/h9-11,13-14H,4-8,12H2,1-3H3;1-2H3. The number of rotatable bonds is 4. The number of hydrogen-bond donors (Lipinski definition) is 0. The number of nitrogens with zero attached hydrogens (tertiary/aromatic N) is 1. The van der Waals surface area contributed by atoms with Crippen LogP contribution >= 0.6 is 0 Å². The highest BCUT2D eigenvalue weighted by Crippen LogP contribution is 2.23. The molecule has 2 rings (SSSR count). The Morgan fingerprint density at radius 2 is 1.81 bits per heavy atom. The van der Waals surface area contributed by atoms with E-state index in [1.54, 1.807) is 12.1 Å². The molecular formula is C19H32FN. The van der Waals surface area contributed by atoms with E-state index < -0.39 is 0 Å². The summed E-state index contributed by atoms with van der Waals surface area (Å²) < 4.78 is 13.7. The zero-order valence-corrected chi connectivity index (χ0v) is 14.5. The first-order chi connectivity index (χ1) is 10.1. The fourth-order valence-electron chi connectivity index (χ4n) is 2.77. The summed E-state index contributed by atoms with van der Waals surface area (Å²) in [5.74, 6) is 1.20. The molecule has 0 saturated carbocycles. The van der Waals surface area contributed by atoms with E-state index >= 15 is 0 Å². The fourth-order valence-corrected chi connectivity index (χ4v) is 2.77. The van der Waals surface area contributed by atoms with Gasteiger partial charge in [0.1, 0.15) is 5.82 Å². The van der Waals surface area contributed by atoms with Crippen molar-refractivity contribution in [3.05, 3.63) is 35.1 Å². The van der Waals surface area contributed by atoms with Crippen molar-refractivity contribution in [3.8, 4) is 0 Å². The lowest BCUT2D eigenvalue weighted by atomic mass is 9.95. The second kappa shape index (κ2) is 9.19. The van der Waals surface area contributed by atoms with E-state index in [1.165, 1.54) is 12.8 Å². The minimum absolute atomic E-state index is 0.0850. The Bertz CT molecular complexity index is 408. The van der Waals surface area contributed by atoms with Gasteiger partial charge >= 0.3 is 0 Å². The van der Waals surface area contributed by atoms with Crippen LogP contribution in [0.5, 0.6) is 0 Å². The minimum atomic E-state index is -0.0850. The Hall–Kier alpha value is -0.890. The molecule has 0 N–H and O–H groups in total. The maximum absolute atomic E-state index is 13.7. The number of piperidine rings is 1. The number of likely N-dealkylation sites (tertiary alicyclic amines) is 1. The van der Waals surface area contributed by atoms with Crippen LogP contribution in [-0.2, 0) is 6.54 Å². The van der Waals surface area contributed by atoms with Gasteiger partial charge in [0, 0.05) is 6.54 Å². The fraction of sp³-hybridized carbons (Fsp3) is 0.684. The van der Waals surface area contributed by atoms with E-state index in [1.807, 2.05) is 13.8 Å². The Labute approximate surface area is 130 Å². The second-order valence-electron chi connectivity index (χ2n) is 6.16. The zero-order chi connectivity index (χ0) is 15.8. The lowest BCUT2D eigenvalue weighted by Crippen LogP contribution is -2.32. The van der Waals surface area contributed by atoms with Crippen molar-refractivity contribution in [1.82, 2.24) is 4.90 Å². The molecule has 1 aromatic rings. The van der Waals surface area contributed by atoms with Crippen LogP contribution in [0, 0.1) is 11.7 Å². The normalized spacial score (nSPS) is 18.0. The van der Waals surface area contributed by atoms with Crippen molar-refractivity contribution < 1.29 is 4.39 Å². The first kappa shape index (κ1) is 18.2. The van der Waals surface area contributed by atoms with Crippen LogP contribution < -0.4 is 0 Å². The predicted molar refractivity (Wildman–Crippen MR) is 90.1 cm³/mol. The molecule has 1 fully saturated rings. The molecule has 1 heterocycles. The quantitative estimate of drug-likeness (QED) is 0.698. The zero-order valence-electron chi connectivity index (χ0n) is 14.5. The molecule has 2 heteroatoms. The molecule has 0 aliphatic carbocycles. The van der Waals surface area contributed by atoms with E-state index in [-0.39, 0.29) is 5.82 Å². The molecule has 0 amide bonds. The Balaban J connectivity index is 0.00000106. The summed E-state index contributed by atoms with van der Waals surface area (Å²) in [6, 6.07) is 5.58. The van der Waals surface area contributed by atoms with Crippen molar-refractivity contribution in [2.45, 2.75) is 66.3 Å². The number of halogens is 1. The van der Waals surface area contributed by atoms with Crippen LogP contribution in [0.25, 0.3) is 0 Å². The number of hydrogen-bond acceptors (Lipinski definition) is 1. The van der Waals surface area contributed by atoms with Crippen LogP contribution in [0.1, 0.15) is 70.9 Å². The van der Waals surface area contributed by atoms with Crippen LogP contribution in [-0.4, -0.2) is 18.0 Å². The van der Waals surface area contributed by atoms with Gasteiger partial charge in [-0.1, -0.05) is 40.7 Å². The summed E-state index contributed by atoms with van der Waals surface area (Å²) in [4.78, 5) is 2.45. The highest BCUT2D eigenvalue weighted by atomic mass is 19.1. The molecule has 0 aromatic heterocycles. The predicted octanol–water partition coefficient (Wildman–Crippen LogP) is 5.60. The van der Waals surface area contributed by atoms with Gasteiger partial charge in [-0.3, -0.25) is 4.90 Å². The topological polar surface area (TPSA) is 3.24 Å². The Kier molecular flexibility index (Phi) is 7.95. The van der Waals surface area contributed by atoms with Crippen LogP contribution in [0.15, 0.2) is 18.2 Å². The molecular weight excluding hydrogens is 261 g/mol. The first-order valence-electron chi connectivity index (χ1n) is 8.60. The number of benzene rings is 1. The van der Waals surface area contributed by atoms with Crippen LogP contribution in [0.3, 0.4) is 0 Å². The summed E-state index contributed by atoms with van der Waals surface area (Å²) in [5.41, 5.74) is 2.27. The highest BCUT2D eigenvalue weighted by Gasteiger charge is 2.16. The van der Waals surface area contributed by atoms with E-state index in [2.05, 4.69) is 31.7 Å². The molecule has 21 heavy (non-hydrogen) atoms. The van der Waals surface area contributed by atoms with Gasteiger partial charge < -0.3 is 0 Å². The Morgan fingerprint density at radius 1 is 1.19 bits per heavy atom. The lowest BCUT2D eigenvalue weighted by Gasteiger charge is -2.30. The monoisotopic (exact) mass is 293 g/mol. The van der Waals surface area contributed by atoms with Crippen molar-refractivity contribution in [3.63, 3.8) is 0 Å². The first-order valence-corrected chi connectivity index (χ1v) is 8.60. The smallest absolute Gasteiger partial charge is 0.123 e. The van der Waals surface area contributed by atoms with Gasteiger partial charge in [0.05, 0.1) is 0 Å². The molecule has 1 aromatic carbocycles. The van der Waals surface area contributed by atoms with Crippen molar-refractivity contribution in [2.75, 3.05) is 13.1 Å². The average Bonchev–Trinajstić information content (AvgIpc) is 2.50. The molecule has 120 valence electrons. The van der Waals surface area contributed by atoms with Gasteiger partial charge in [0.25, 0.3) is 0 Å². The maximum atomic E-state index is 13.7. The summed E-state index contributed by atoms with van der Waals surface area (Å²) in [6.45, 7) is 13.8. The summed E-state index contributed by atoms with van der Waals surface area (Å²) in [6.07, 6.45) is 3.60. The summed E-state index contributed by atoms with van der Waals surface area (Å²) in [5, 5.41) is 0. The third-order valence-electron chi connectivity index (χ3n) is 4.44. The largest absolute Gasteiger partial charge is 0.299 e. The van der Waals surface area contributed by atoms with Crippen LogP contribution in [0.2, 0.25) is 0 Å². The summed E-state index contributed by atoms with van der Waals surface area (Å²) >= 11 is 0. The molecule has 1 nitrogen and oxygen atoms in total. The van der Waals surface area contributed by atoms with Gasteiger partial charge in [-0.15, -0.1) is 0 Å². The van der Waals surface area contributed by atoms with Crippen LogP contribution in [0.4, 0.5) is 4.39 Å².